The summed E-state index contributed by atoms with van der Waals surface area (Å²) in [4.78, 5) is 24.8. The second-order valence-electron chi connectivity index (χ2n) is 7.43. The highest BCUT2D eigenvalue weighted by Gasteiger charge is 2.19. The molecule has 0 aliphatic rings. The van der Waals surface area contributed by atoms with E-state index < -0.39 is 17.8 Å². The summed E-state index contributed by atoms with van der Waals surface area (Å²) in [5, 5.41) is 15.1. The molecule has 1 amide bonds. The molecular formula is C25H23NO5. The molecule has 1 heterocycles. The lowest BCUT2D eigenvalue weighted by Gasteiger charge is -2.18. The van der Waals surface area contributed by atoms with Crippen LogP contribution in [0.4, 0.5) is 0 Å². The Kier molecular flexibility index (Phi) is 5.73. The van der Waals surface area contributed by atoms with Crippen LogP contribution in [-0.4, -0.2) is 23.7 Å². The Balaban J connectivity index is 1.51. The van der Waals surface area contributed by atoms with Crippen molar-refractivity contribution in [3.8, 4) is 5.75 Å². The van der Waals surface area contributed by atoms with E-state index in [9.17, 15) is 14.7 Å². The van der Waals surface area contributed by atoms with E-state index in [0.717, 1.165) is 16.3 Å². The zero-order valence-corrected chi connectivity index (χ0v) is 17.3. The summed E-state index contributed by atoms with van der Waals surface area (Å²) in [6.07, 6.45) is -1.60. The molecule has 2 N–H and O–H groups in total. The van der Waals surface area contributed by atoms with E-state index in [-0.39, 0.29) is 12.5 Å². The quantitative estimate of drug-likeness (QED) is 0.367. The molecule has 0 spiro atoms. The Morgan fingerprint density at radius 2 is 1.68 bits per heavy atom. The van der Waals surface area contributed by atoms with Crippen LogP contribution in [0.1, 0.15) is 24.2 Å². The Bertz CT molecular complexity index is 1300. The summed E-state index contributed by atoms with van der Waals surface area (Å²) >= 11 is 0. The number of fused-ring (bicyclic) bond motifs is 3. The lowest BCUT2D eigenvalue weighted by atomic mass is 10.0. The van der Waals surface area contributed by atoms with Crippen LogP contribution >= 0.6 is 0 Å². The molecule has 158 valence electrons. The van der Waals surface area contributed by atoms with Gasteiger partial charge in [0.05, 0.1) is 11.5 Å². The molecule has 4 rings (SSSR count). The molecule has 31 heavy (non-hydrogen) atoms. The third-order valence-corrected chi connectivity index (χ3v) is 5.32. The van der Waals surface area contributed by atoms with Crippen LogP contribution in [-0.2, 0) is 4.79 Å². The van der Waals surface area contributed by atoms with Crippen LogP contribution < -0.4 is 15.7 Å². The van der Waals surface area contributed by atoms with Gasteiger partial charge in [-0.15, -0.1) is 0 Å². The molecule has 0 fully saturated rings. The summed E-state index contributed by atoms with van der Waals surface area (Å²) in [6, 6.07) is 20.0. The van der Waals surface area contributed by atoms with E-state index in [1.165, 1.54) is 0 Å². The highest BCUT2D eigenvalue weighted by Crippen LogP contribution is 2.31. The number of nitrogens with one attached hydrogen (secondary N) is 1. The number of hydrogen-bond acceptors (Lipinski definition) is 5. The molecule has 3 aromatic carbocycles. The lowest BCUT2D eigenvalue weighted by Crippen LogP contribution is -2.38. The number of rotatable bonds is 6. The SMILES string of the molecule is Cc1c(O[C@H](C)C(=O)NC[C@H](O)c2ccccc2)ccc2c1oc(=O)c1ccccc12. The number of aryl methyl sites for hydroxylation is 1. The maximum Gasteiger partial charge on any atom is 0.344 e. The Morgan fingerprint density at radius 1 is 1.00 bits per heavy atom. The minimum atomic E-state index is -0.803. The average Bonchev–Trinajstić information content (AvgIpc) is 2.80. The van der Waals surface area contributed by atoms with Gasteiger partial charge in [-0.05, 0) is 43.0 Å². The summed E-state index contributed by atoms with van der Waals surface area (Å²) in [6.45, 7) is 3.50. The van der Waals surface area contributed by atoms with Crippen molar-refractivity contribution in [2.45, 2.75) is 26.1 Å². The summed E-state index contributed by atoms with van der Waals surface area (Å²) in [5.74, 6) is 0.103. The van der Waals surface area contributed by atoms with Crippen LogP contribution in [0, 0.1) is 6.92 Å². The van der Waals surface area contributed by atoms with Crippen LogP contribution in [0.25, 0.3) is 21.7 Å². The molecule has 0 saturated carbocycles. The van der Waals surface area contributed by atoms with Crippen molar-refractivity contribution in [2.75, 3.05) is 6.54 Å². The van der Waals surface area contributed by atoms with Crippen LogP contribution in [0.2, 0.25) is 0 Å². The third-order valence-electron chi connectivity index (χ3n) is 5.32. The Labute approximate surface area is 179 Å². The van der Waals surface area contributed by atoms with Gasteiger partial charge in [0.15, 0.2) is 6.10 Å². The number of hydrogen-bond donors (Lipinski definition) is 2. The van der Waals surface area contributed by atoms with Crippen molar-refractivity contribution in [1.29, 1.82) is 0 Å². The van der Waals surface area contributed by atoms with E-state index >= 15 is 0 Å². The molecule has 6 heteroatoms. The summed E-state index contributed by atoms with van der Waals surface area (Å²) in [5.41, 5.74) is 1.39. The molecule has 0 radical (unpaired) electrons. The van der Waals surface area contributed by atoms with Crippen LogP contribution in [0.5, 0.6) is 5.75 Å². The molecule has 1 aromatic heterocycles. The van der Waals surface area contributed by atoms with Gasteiger partial charge in [0, 0.05) is 17.5 Å². The van der Waals surface area contributed by atoms with E-state index in [0.29, 0.717) is 22.3 Å². The monoisotopic (exact) mass is 417 g/mol. The number of benzene rings is 3. The fourth-order valence-corrected chi connectivity index (χ4v) is 3.57. The molecule has 4 aromatic rings. The molecular weight excluding hydrogens is 394 g/mol. The highest BCUT2D eigenvalue weighted by atomic mass is 16.5. The predicted octanol–water partition coefficient (Wildman–Crippen LogP) is 3.87. The number of carbonyl (C=O) groups excluding carboxylic acids is 1. The van der Waals surface area contributed by atoms with Gasteiger partial charge in [-0.1, -0.05) is 48.5 Å². The standard InChI is InChI=1S/C25H23NO5/c1-15-22(13-12-19-18-10-6-7-11-20(18)25(29)31-23(15)19)30-16(2)24(28)26-14-21(27)17-8-4-3-5-9-17/h3-13,16,21,27H,14H2,1-2H3,(H,26,28)/t16-,21+/m1/s1. The highest BCUT2D eigenvalue weighted by molar-refractivity contribution is 6.05. The zero-order chi connectivity index (χ0) is 22.0. The molecule has 0 bridgehead atoms. The second-order valence-corrected chi connectivity index (χ2v) is 7.43. The maximum atomic E-state index is 12.5. The average molecular weight is 417 g/mol. The second kappa shape index (κ2) is 8.62. The third kappa shape index (κ3) is 4.15. The van der Waals surface area contributed by atoms with E-state index in [1.54, 1.807) is 44.2 Å². The number of carbonyl (C=O) groups is 1. The smallest absolute Gasteiger partial charge is 0.344 e. The molecule has 6 nitrogen and oxygen atoms in total. The minimum Gasteiger partial charge on any atom is -0.480 e. The molecule has 2 atom stereocenters. The molecule has 0 unspecified atom stereocenters. The molecule has 0 aliphatic carbocycles. The van der Waals surface area contributed by atoms with Gasteiger partial charge >= 0.3 is 5.63 Å². The number of aliphatic hydroxyl groups excluding tert-OH is 1. The maximum absolute atomic E-state index is 12.5. The topological polar surface area (TPSA) is 88.8 Å². The van der Waals surface area contributed by atoms with E-state index in [4.69, 9.17) is 9.15 Å². The van der Waals surface area contributed by atoms with Crippen molar-refractivity contribution < 1.29 is 19.1 Å². The van der Waals surface area contributed by atoms with Crippen molar-refractivity contribution >= 4 is 27.6 Å². The first-order valence-electron chi connectivity index (χ1n) is 10.1. The first-order valence-corrected chi connectivity index (χ1v) is 10.1. The van der Waals surface area contributed by atoms with Gasteiger partial charge in [0.1, 0.15) is 11.3 Å². The number of aliphatic hydroxyl groups is 1. The van der Waals surface area contributed by atoms with Gasteiger partial charge in [0.25, 0.3) is 5.91 Å². The van der Waals surface area contributed by atoms with E-state index in [1.807, 2.05) is 36.4 Å². The van der Waals surface area contributed by atoms with Crippen molar-refractivity contribution in [3.05, 3.63) is 88.3 Å². The van der Waals surface area contributed by atoms with Gasteiger partial charge in [0.2, 0.25) is 0 Å². The fraction of sp³-hybridized carbons (Fsp3) is 0.200. The van der Waals surface area contributed by atoms with E-state index in [2.05, 4.69) is 5.32 Å². The normalized spacial score (nSPS) is 13.1. The summed E-state index contributed by atoms with van der Waals surface area (Å²) in [7, 11) is 0. The Hall–Kier alpha value is -3.64. The van der Waals surface area contributed by atoms with Crippen molar-refractivity contribution in [1.82, 2.24) is 5.32 Å². The molecule has 0 aliphatic heterocycles. The number of ether oxygens (including phenoxy) is 1. The van der Waals surface area contributed by atoms with Crippen molar-refractivity contribution in [3.63, 3.8) is 0 Å². The first kappa shape index (κ1) is 20.6. The van der Waals surface area contributed by atoms with Crippen molar-refractivity contribution in [2.24, 2.45) is 0 Å². The summed E-state index contributed by atoms with van der Waals surface area (Å²) < 4.78 is 11.4. The first-order chi connectivity index (χ1) is 15.0. The van der Waals surface area contributed by atoms with Gasteiger partial charge in [-0.2, -0.15) is 0 Å². The largest absolute Gasteiger partial charge is 0.480 e. The van der Waals surface area contributed by atoms with Gasteiger partial charge < -0.3 is 19.6 Å². The lowest BCUT2D eigenvalue weighted by molar-refractivity contribution is -0.127. The molecule has 0 saturated heterocycles. The van der Waals surface area contributed by atoms with Gasteiger partial charge in [-0.3, -0.25) is 4.79 Å². The zero-order valence-electron chi connectivity index (χ0n) is 17.3. The predicted molar refractivity (Wildman–Crippen MR) is 119 cm³/mol. The minimum absolute atomic E-state index is 0.0775. The van der Waals surface area contributed by atoms with Gasteiger partial charge in [-0.25, -0.2) is 4.79 Å². The van der Waals surface area contributed by atoms with Crippen LogP contribution in [0.15, 0.2) is 75.9 Å². The Morgan fingerprint density at radius 3 is 2.42 bits per heavy atom. The number of amides is 1. The van der Waals surface area contributed by atoms with Crippen LogP contribution in [0.3, 0.4) is 0 Å². The fourth-order valence-electron chi connectivity index (χ4n) is 3.57.